The van der Waals surface area contributed by atoms with Gasteiger partial charge in [-0.15, -0.1) is 0 Å². The van der Waals surface area contributed by atoms with Crippen LogP contribution in [0.25, 0.3) is 6.08 Å². The monoisotopic (exact) mass is 504 g/mol. The lowest BCUT2D eigenvalue weighted by Crippen LogP contribution is -2.51. The number of carbonyl (C=O) groups excluding carboxylic acids is 3. The average Bonchev–Trinajstić information content (AvgIpc) is 2.89. The Labute approximate surface area is 216 Å². The number of para-hydroxylation sites is 1. The summed E-state index contributed by atoms with van der Waals surface area (Å²) in [7, 11) is 1.54. The van der Waals surface area contributed by atoms with E-state index < -0.39 is 11.9 Å². The molecule has 0 atom stereocenters. The van der Waals surface area contributed by atoms with Gasteiger partial charge in [0.05, 0.1) is 18.4 Å². The molecule has 4 aliphatic rings. The molecule has 4 bridgehead atoms. The summed E-state index contributed by atoms with van der Waals surface area (Å²) in [5.41, 5.74) is 0.953. The van der Waals surface area contributed by atoms with Crippen LogP contribution < -0.4 is 20.7 Å². The van der Waals surface area contributed by atoms with Gasteiger partial charge in [-0.3, -0.25) is 9.59 Å². The molecule has 194 valence electrons. The zero-order chi connectivity index (χ0) is 26.0. The summed E-state index contributed by atoms with van der Waals surface area (Å²) in [6.07, 6.45) is 9.89. The molecule has 8 nitrogen and oxygen atoms in total. The first-order chi connectivity index (χ1) is 17.9. The zero-order valence-corrected chi connectivity index (χ0v) is 20.9. The van der Waals surface area contributed by atoms with Gasteiger partial charge in [0.1, 0.15) is 6.61 Å². The van der Waals surface area contributed by atoms with Crippen LogP contribution >= 0.6 is 0 Å². The second-order valence-corrected chi connectivity index (χ2v) is 10.6. The third kappa shape index (κ3) is 5.25. The smallest absolute Gasteiger partial charge is 0.358 e. The lowest BCUT2D eigenvalue weighted by atomic mass is 9.48. The Morgan fingerprint density at radius 1 is 1.00 bits per heavy atom. The molecule has 2 aromatic carbocycles. The van der Waals surface area contributed by atoms with Crippen molar-refractivity contribution in [2.24, 2.45) is 29.1 Å². The molecule has 0 radical (unpaired) electrons. The van der Waals surface area contributed by atoms with Gasteiger partial charge in [-0.05, 0) is 92.2 Å². The first-order valence-electron chi connectivity index (χ1n) is 12.7. The van der Waals surface area contributed by atoms with Crippen molar-refractivity contribution in [2.75, 3.05) is 19.0 Å². The standard InChI is InChI=1S/C29H32N2O6/c1-35-25-13-18(7-9-27(33)31-23-5-3-2-4-22(23)28(34)37-30)6-8-24(25)36-17-26(32)29-14-19-10-20(15-29)12-21(11-19)16-29/h2-9,13,19-21H,10-12,14-17,30H2,1H3,(H,31,33)/b9-7+. The van der Waals surface area contributed by atoms with E-state index in [2.05, 4.69) is 10.2 Å². The number of nitrogens with one attached hydrogen (secondary N) is 1. The van der Waals surface area contributed by atoms with Crippen LogP contribution in [-0.2, 0) is 14.4 Å². The van der Waals surface area contributed by atoms with Crippen LogP contribution in [0.4, 0.5) is 5.69 Å². The molecule has 8 heteroatoms. The summed E-state index contributed by atoms with van der Waals surface area (Å²) in [6.45, 7) is 0.0464. The Kier molecular flexibility index (Phi) is 7.02. The number of ketones is 1. The van der Waals surface area contributed by atoms with E-state index in [1.165, 1.54) is 38.5 Å². The summed E-state index contributed by atoms with van der Waals surface area (Å²) in [5, 5.41) is 2.65. The van der Waals surface area contributed by atoms with Crippen molar-refractivity contribution in [1.29, 1.82) is 0 Å². The molecule has 4 saturated carbocycles. The van der Waals surface area contributed by atoms with Gasteiger partial charge >= 0.3 is 5.97 Å². The Bertz CT molecular complexity index is 1200. The Balaban J connectivity index is 1.21. The minimum absolute atomic E-state index is 0.0464. The fourth-order valence-electron chi connectivity index (χ4n) is 6.84. The van der Waals surface area contributed by atoms with E-state index in [4.69, 9.17) is 15.4 Å². The second kappa shape index (κ2) is 10.4. The minimum Gasteiger partial charge on any atom is -0.493 e. The van der Waals surface area contributed by atoms with Crippen LogP contribution in [0.2, 0.25) is 0 Å². The Morgan fingerprint density at radius 2 is 1.68 bits per heavy atom. The van der Waals surface area contributed by atoms with E-state index in [0.29, 0.717) is 34.8 Å². The van der Waals surface area contributed by atoms with Gasteiger partial charge in [-0.25, -0.2) is 4.79 Å². The largest absolute Gasteiger partial charge is 0.493 e. The van der Waals surface area contributed by atoms with Crippen LogP contribution in [0.5, 0.6) is 11.5 Å². The molecule has 0 aliphatic heterocycles. The first kappa shape index (κ1) is 25.0. The minimum atomic E-state index is -0.748. The van der Waals surface area contributed by atoms with Crippen LogP contribution in [-0.4, -0.2) is 31.4 Å². The van der Waals surface area contributed by atoms with E-state index in [9.17, 15) is 14.4 Å². The molecule has 0 heterocycles. The average molecular weight is 505 g/mol. The molecule has 0 unspecified atom stereocenters. The highest BCUT2D eigenvalue weighted by Crippen LogP contribution is 2.60. The summed E-state index contributed by atoms with van der Waals surface area (Å²) in [6, 6.07) is 11.7. The highest BCUT2D eigenvalue weighted by molar-refractivity contribution is 6.06. The van der Waals surface area contributed by atoms with Gasteiger partial charge in [0.15, 0.2) is 17.3 Å². The fraction of sp³-hybridized carbons (Fsp3) is 0.414. The van der Waals surface area contributed by atoms with E-state index >= 15 is 0 Å². The van der Waals surface area contributed by atoms with Crippen molar-refractivity contribution in [3.05, 3.63) is 59.7 Å². The number of carbonyl (C=O) groups is 3. The molecule has 4 aliphatic carbocycles. The molecule has 0 spiro atoms. The van der Waals surface area contributed by atoms with Crippen molar-refractivity contribution in [2.45, 2.75) is 38.5 Å². The Morgan fingerprint density at radius 3 is 2.32 bits per heavy atom. The number of ether oxygens (including phenoxy) is 2. The maximum atomic E-state index is 13.3. The van der Waals surface area contributed by atoms with Gasteiger partial charge in [0.25, 0.3) is 0 Å². The number of rotatable bonds is 9. The number of hydrogen-bond donors (Lipinski definition) is 2. The molecule has 37 heavy (non-hydrogen) atoms. The highest BCUT2D eigenvalue weighted by atomic mass is 16.7. The zero-order valence-electron chi connectivity index (χ0n) is 20.9. The Hall–Kier alpha value is -3.65. The van der Waals surface area contributed by atoms with Crippen LogP contribution in [0.15, 0.2) is 48.5 Å². The van der Waals surface area contributed by atoms with E-state index in [1.807, 2.05) is 0 Å². The third-order valence-corrected chi connectivity index (χ3v) is 8.12. The molecular weight excluding hydrogens is 472 g/mol. The van der Waals surface area contributed by atoms with Gasteiger partial charge < -0.3 is 19.6 Å². The maximum absolute atomic E-state index is 13.3. The van der Waals surface area contributed by atoms with E-state index in [-0.39, 0.29) is 29.1 Å². The molecule has 2 aromatic rings. The van der Waals surface area contributed by atoms with Crippen LogP contribution in [0, 0.1) is 23.2 Å². The molecule has 4 fully saturated rings. The molecule has 3 N–H and O–H groups in total. The lowest BCUT2D eigenvalue weighted by molar-refractivity contribution is -0.146. The van der Waals surface area contributed by atoms with Gasteiger partial charge in [-0.2, -0.15) is 5.90 Å². The molecule has 0 aromatic heterocycles. The molecule has 0 saturated heterocycles. The molecule has 6 rings (SSSR count). The fourth-order valence-corrected chi connectivity index (χ4v) is 6.84. The van der Waals surface area contributed by atoms with Gasteiger partial charge in [0, 0.05) is 11.5 Å². The van der Waals surface area contributed by atoms with Crippen molar-refractivity contribution < 1.29 is 28.7 Å². The predicted molar refractivity (Wildman–Crippen MR) is 138 cm³/mol. The number of nitrogens with two attached hydrogens (primary N) is 1. The van der Waals surface area contributed by atoms with E-state index in [0.717, 1.165) is 19.3 Å². The quantitative estimate of drug-likeness (QED) is 0.380. The molecule has 1 amide bonds. The summed E-state index contributed by atoms with van der Waals surface area (Å²) < 4.78 is 11.4. The predicted octanol–water partition coefficient (Wildman–Crippen LogP) is 4.54. The molecular formula is C29H32N2O6. The highest BCUT2D eigenvalue weighted by Gasteiger charge is 2.54. The number of methoxy groups -OCH3 is 1. The third-order valence-electron chi connectivity index (χ3n) is 8.12. The summed E-state index contributed by atoms with van der Waals surface area (Å²) >= 11 is 0. The van der Waals surface area contributed by atoms with Crippen molar-refractivity contribution >= 4 is 29.4 Å². The maximum Gasteiger partial charge on any atom is 0.358 e. The van der Waals surface area contributed by atoms with Gasteiger partial charge in [-0.1, -0.05) is 18.2 Å². The SMILES string of the molecule is COc1cc(/C=C/C(=O)Nc2ccccc2C(=O)ON)ccc1OCC(=O)C12CC3CC(CC(C3)C1)C2. The lowest BCUT2D eigenvalue weighted by Gasteiger charge is -2.55. The number of benzene rings is 2. The number of Topliss-reactive ketones (excluding diaryl/α,β-unsaturated/α-hetero) is 1. The van der Waals surface area contributed by atoms with Crippen molar-refractivity contribution in [1.82, 2.24) is 0 Å². The van der Waals surface area contributed by atoms with Crippen LogP contribution in [0.1, 0.15) is 54.4 Å². The number of anilines is 1. The number of amides is 1. The topological polar surface area (TPSA) is 117 Å². The number of hydrogen-bond acceptors (Lipinski definition) is 7. The normalized spacial score (nSPS) is 25.6. The van der Waals surface area contributed by atoms with Crippen molar-refractivity contribution in [3.8, 4) is 11.5 Å². The van der Waals surface area contributed by atoms with Crippen molar-refractivity contribution in [3.63, 3.8) is 0 Å². The summed E-state index contributed by atoms with van der Waals surface area (Å²) in [5.74, 6) is 7.09. The van der Waals surface area contributed by atoms with E-state index in [1.54, 1.807) is 42.5 Å². The second-order valence-electron chi connectivity index (χ2n) is 10.6. The van der Waals surface area contributed by atoms with Gasteiger partial charge in [0.2, 0.25) is 5.91 Å². The van der Waals surface area contributed by atoms with Crippen LogP contribution in [0.3, 0.4) is 0 Å². The first-order valence-corrected chi connectivity index (χ1v) is 12.7. The summed E-state index contributed by atoms with van der Waals surface area (Å²) in [4.78, 5) is 41.8.